The summed E-state index contributed by atoms with van der Waals surface area (Å²) >= 11 is 0. The van der Waals surface area contributed by atoms with Crippen molar-refractivity contribution in [1.29, 1.82) is 0 Å². The molecule has 114 valence electrons. The molecule has 20 heavy (non-hydrogen) atoms. The molecular formula is C16H29N3O. The third-order valence-corrected chi connectivity index (χ3v) is 5.72. The van der Waals surface area contributed by atoms with Crippen molar-refractivity contribution in [1.82, 2.24) is 10.6 Å². The second kappa shape index (κ2) is 5.92. The van der Waals surface area contributed by atoms with Crippen LogP contribution in [-0.2, 0) is 0 Å². The van der Waals surface area contributed by atoms with Crippen molar-refractivity contribution < 1.29 is 5.11 Å². The summed E-state index contributed by atoms with van der Waals surface area (Å²) in [4.78, 5) is 4.31. The van der Waals surface area contributed by atoms with E-state index in [1.54, 1.807) is 0 Å². The van der Waals surface area contributed by atoms with Crippen molar-refractivity contribution in [3.05, 3.63) is 0 Å². The van der Waals surface area contributed by atoms with E-state index in [2.05, 4.69) is 15.6 Å². The summed E-state index contributed by atoms with van der Waals surface area (Å²) < 4.78 is 0. The maximum Gasteiger partial charge on any atom is 0.191 e. The standard InChI is InChI=1S/C16H29N3O/c1-17-15(18-11-16(20)8-3-9-16)19-14-7-6-12-4-2-5-13(12)10-14/h12-14,20H,2-11H2,1H3,(H2,17,18,19). The van der Waals surface area contributed by atoms with Gasteiger partial charge in [-0.05, 0) is 50.4 Å². The van der Waals surface area contributed by atoms with Gasteiger partial charge in [0.25, 0.3) is 0 Å². The summed E-state index contributed by atoms with van der Waals surface area (Å²) in [5, 5.41) is 17.0. The summed E-state index contributed by atoms with van der Waals surface area (Å²) in [6, 6.07) is 0.566. The Morgan fingerprint density at radius 2 is 1.95 bits per heavy atom. The van der Waals surface area contributed by atoms with Crippen molar-refractivity contribution in [3.8, 4) is 0 Å². The first-order chi connectivity index (χ1) is 9.68. The number of nitrogens with one attached hydrogen (secondary N) is 2. The zero-order valence-corrected chi connectivity index (χ0v) is 12.7. The SMILES string of the molecule is CN=C(NCC1(O)CCC1)NC1CCC2CCCC2C1. The highest BCUT2D eigenvalue weighted by Crippen LogP contribution is 2.42. The molecule has 0 radical (unpaired) electrons. The highest BCUT2D eigenvalue weighted by molar-refractivity contribution is 5.80. The van der Waals surface area contributed by atoms with Gasteiger partial charge in [0.1, 0.15) is 0 Å². The third kappa shape index (κ3) is 3.11. The van der Waals surface area contributed by atoms with E-state index in [-0.39, 0.29) is 0 Å². The molecule has 0 aromatic rings. The molecule has 0 spiro atoms. The van der Waals surface area contributed by atoms with Crippen LogP contribution < -0.4 is 10.6 Å². The molecule has 4 nitrogen and oxygen atoms in total. The highest BCUT2D eigenvalue weighted by atomic mass is 16.3. The molecule has 3 rings (SSSR count). The van der Waals surface area contributed by atoms with Gasteiger partial charge in [-0.2, -0.15) is 0 Å². The summed E-state index contributed by atoms with van der Waals surface area (Å²) in [5.41, 5.74) is -0.485. The summed E-state index contributed by atoms with van der Waals surface area (Å²) in [7, 11) is 1.82. The fraction of sp³-hybridized carbons (Fsp3) is 0.938. The summed E-state index contributed by atoms with van der Waals surface area (Å²) in [5.74, 6) is 2.81. The second-order valence-corrected chi connectivity index (χ2v) is 7.11. The van der Waals surface area contributed by atoms with Crippen LogP contribution in [-0.4, -0.2) is 36.3 Å². The van der Waals surface area contributed by atoms with Gasteiger partial charge < -0.3 is 15.7 Å². The predicted molar refractivity (Wildman–Crippen MR) is 81.8 cm³/mol. The molecule has 0 aliphatic heterocycles. The maximum absolute atomic E-state index is 10.1. The van der Waals surface area contributed by atoms with E-state index in [1.807, 2.05) is 7.05 Å². The Morgan fingerprint density at radius 1 is 1.15 bits per heavy atom. The molecule has 3 N–H and O–H groups in total. The Morgan fingerprint density at radius 3 is 2.65 bits per heavy atom. The van der Waals surface area contributed by atoms with Crippen LogP contribution in [0, 0.1) is 11.8 Å². The zero-order valence-electron chi connectivity index (χ0n) is 12.7. The van der Waals surface area contributed by atoms with Gasteiger partial charge in [-0.1, -0.05) is 19.3 Å². The van der Waals surface area contributed by atoms with Crippen molar-refractivity contribution >= 4 is 5.96 Å². The monoisotopic (exact) mass is 279 g/mol. The van der Waals surface area contributed by atoms with Gasteiger partial charge in [-0.3, -0.25) is 4.99 Å². The van der Waals surface area contributed by atoms with Crippen LogP contribution in [0.15, 0.2) is 4.99 Å². The predicted octanol–water partition coefficient (Wildman–Crippen LogP) is 2.04. The zero-order chi connectivity index (χ0) is 14.0. The van der Waals surface area contributed by atoms with Gasteiger partial charge in [0.05, 0.1) is 5.60 Å². The first-order valence-electron chi connectivity index (χ1n) is 8.38. The summed E-state index contributed by atoms with van der Waals surface area (Å²) in [6.45, 7) is 0.630. The Kier molecular flexibility index (Phi) is 4.20. The first-order valence-corrected chi connectivity index (χ1v) is 8.38. The minimum absolute atomic E-state index is 0.485. The largest absolute Gasteiger partial charge is 0.388 e. The number of nitrogens with zero attached hydrogens (tertiary/aromatic N) is 1. The molecule has 0 heterocycles. The van der Waals surface area contributed by atoms with Crippen LogP contribution >= 0.6 is 0 Å². The number of fused-ring (bicyclic) bond motifs is 1. The van der Waals surface area contributed by atoms with Crippen molar-refractivity contribution in [2.75, 3.05) is 13.6 Å². The van der Waals surface area contributed by atoms with Gasteiger partial charge in [0.15, 0.2) is 5.96 Å². The maximum atomic E-state index is 10.1. The lowest BCUT2D eigenvalue weighted by atomic mass is 9.79. The number of hydrogen-bond donors (Lipinski definition) is 3. The number of aliphatic hydroxyl groups is 1. The van der Waals surface area contributed by atoms with Crippen LogP contribution in [0.25, 0.3) is 0 Å². The molecule has 0 aromatic carbocycles. The van der Waals surface area contributed by atoms with Gasteiger partial charge in [0, 0.05) is 19.6 Å². The number of aliphatic imine (C=N–C) groups is 1. The Hall–Kier alpha value is -0.770. The van der Waals surface area contributed by atoms with E-state index in [9.17, 15) is 5.11 Å². The molecule has 4 heteroatoms. The van der Waals surface area contributed by atoms with E-state index in [0.29, 0.717) is 12.6 Å². The van der Waals surface area contributed by atoms with Gasteiger partial charge in [-0.25, -0.2) is 0 Å². The molecule has 3 saturated carbocycles. The highest BCUT2D eigenvalue weighted by Gasteiger charge is 2.36. The molecule has 3 unspecified atom stereocenters. The van der Waals surface area contributed by atoms with Crippen LogP contribution in [0.1, 0.15) is 57.8 Å². The second-order valence-electron chi connectivity index (χ2n) is 7.11. The number of hydrogen-bond acceptors (Lipinski definition) is 2. The topological polar surface area (TPSA) is 56.7 Å². The van der Waals surface area contributed by atoms with E-state index < -0.39 is 5.60 Å². The average Bonchev–Trinajstić information content (AvgIpc) is 2.88. The molecule has 0 bridgehead atoms. The molecule has 3 aliphatic rings. The van der Waals surface area contributed by atoms with Crippen LogP contribution in [0.3, 0.4) is 0 Å². The van der Waals surface area contributed by atoms with E-state index in [1.165, 1.54) is 38.5 Å². The van der Waals surface area contributed by atoms with Crippen LogP contribution in [0.4, 0.5) is 0 Å². The normalized spacial score (nSPS) is 36.1. The fourth-order valence-corrected chi connectivity index (χ4v) is 4.23. The molecule has 0 amide bonds. The fourth-order valence-electron chi connectivity index (χ4n) is 4.23. The molecule has 3 aliphatic carbocycles. The Bertz CT molecular complexity index is 365. The van der Waals surface area contributed by atoms with E-state index in [4.69, 9.17) is 0 Å². The lowest BCUT2D eigenvalue weighted by Crippen LogP contribution is -2.53. The van der Waals surface area contributed by atoms with Gasteiger partial charge in [-0.15, -0.1) is 0 Å². The lowest BCUT2D eigenvalue weighted by Gasteiger charge is -2.38. The van der Waals surface area contributed by atoms with Crippen molar-refractivity contribution in [2.45, 2.75) is 69.4 Å². The number of rotatable bonds is 3. The lowest BCUT2D eigenvalue weighted by molar-refractivity contribution is -0.0279. The summed E-state index contributed by atoms with van der Waals surface area (Å²) in [6.07, 6.45) is 11.3. The number of guanidine groups is 1. The molecule has 3 fully saturated rings. The molecule has 0 saturated heterocycles. The minimum atomic E-state index is -0.485. The van der Waals surface area contributed by atoms with Crippen molar-refractivity contribution in [2.24, 2.45) is 16.8 Å². The van der Waals surface area contributed by atoms with Crippen molar-refractivity contribution in [3.63, 3.8) is 0 Å². The van der Waals surface area contributed by atoms with E-state index >= 15 is 0 Å². The molecule has 0 aromatic heterocycles. The first kappa shape index (κ1) is 14.2. The van der Waals surface area contributed by atoms with Crippen LogP contribution in [0.2, 0.25) is 0 Å². The van der Waals surface area contributed by atoms with E-state index in [0.717, 1.165) is 37.1 Å². The van der Waals surface area contributed by atoms with Gasteiger partial charge in [0.2, 0.25) is 0 Å². The minimum Gasteiger partial charge on any atom is -0.388 e. The Labute approximate surface area is 122 Å². The van der Waals surface area contributed by atoms with Gasteiger partial charge >= 0.3 is 0 Å². The smallest absolute Gasteiger partial charge is 0.191 e. The average molecular weight is 279 g/mol. The Balaban J connectivity index is 1.45. The third-order valence-electron chi connectivity index (χ3n) is 5.72. The van der Waals surface area contributed by atoms with Crippen LogP contribution in [0.5, 0.6) is 0 Å². The quantitative estimate of drug-likeness (QED) is 0.547. The molecular weight excluding hydrogens is 250 g/mol. The molecule has 3 atom stereocenters.